The quantitative estimate of drug-likeness (QED) is 0.612. The number of amides is 1. The van der Waals surface area contributed by atoms with Crippen molar-refractivity contribution < 1.29 is 13.2 Å². The SMILES string of the molecule is CCS(=O)(=O)N1CCC(Nc2cc(NC(=O)c3ccncc3)cc3ccncc23)CC1. The molecule has 9 heteroatoms. The van der Waals surface area contributed by atoms with Crippen LogP contribution in [0.3, 0.4) is 0 Å². The van der Waals surface area contributed by atoms with Gasteiger partial charge in [-0.25, -0.2) is 12.7 Å². The number of aromatic nitrogens is 2. The predicted octanol–water partition coefficient (Wildman–Crippen LogP) is 3.11. The Hall–Kier alpha value is -3.04. The van der Waals surface area contributed by atoms with Crippen LogP contribution in [0.15, 0.2) is 55.1 Å². The van der Waals surface area contributed by atoms with Crippen molar-refractivity contribution in [3.8, 4) is 0 Å². The molecular formula is C22H25N5O3S. The maximum Gasteiger partial charge on any atom is 0.255 e. The summed E-state index contributed by atoms with van der Waals surface area (Å²) >= 11 is 0. The summed E-state index contributed by atoms with van der Waals surface area (Å²) in [4.78, 5) is 20.8. The van der Waals surface area contributed by atoms with E-state index in [4.69, 9.17) is 0 Å². The number of carbonyl (C=O) groups is 1. The van der Waals surface area contributed by atoms with Crippen molar-refractivity contribution in [2.45, 2.75) is 25.8 Å². The highest BCUT2D eigenvalue weighted by Crippen LogP contribution is 2.30. The van der Waals surface area contributed by atoms with Gasteiger partial charge in [0.2, 0.25) is 10.0 Å². The van der Waals surface area contributed by atoms with Crippen molar-refractivity contribution in [1.82, 2.24) is 14.3 Å². The highest BCUT2D eigenvalue weighted by atomic mass is 32.2. The molecule has 1 saturated heterocycles. The van der Waals surface area contributed by atoms with Crippen molar-refractivity contribution >= 4 is 38.1 Å². The maximum absolute atomic E-state index is 12.6. The average molecular weight is 440 g/mol. The number of nitrogens with zero attached hydrogens (tertiary/aromatic N) is 3. The zero-order valence-electron chi connectivity index (χ0n) is 17.3. The first-order valence-electron chi connectivity index (χ1n) is 10.3. The molecule has 0 atom stereocenters. The molecule has 1 fully saturated rings. The monoisotopic (exact) mass is 439 g/mol. The standard InChI is InChI=1S/C22H25N5O3S/c1-2-31(29,30)27-11-6-18(7-12-27)25-21-14-19(13-17-5-10-24-15-20(17)21)26-22(28)16-3-8-23-9-4-16/h3-5,8-10,13-15,18,25H,2,6-7,11-12H2,1H3,(H,26,28). The minimum atomic E-state index is -3.16. The van der Waals surface area contributed by atoms with Crippen LogP contribution in [0.25, 0.3) is 10.8 Å². The third kappa shape index (κ3) is 4.83. The van der Waals surface area contributed by atoms with Crippen LogP contribution in [-0.2, 0) is 10.0 Å². The van der Waals surface area contributed by atoms with Gasteiger partial charge in [0, 0.05) is 66.2 Å². The molecule has 2 aromatic heterocycles. The van der Waals surface area contributed by atoms with Gasteiger partial charge in [0.15, 0.2) is 0 Å². The van der Waals surface area contributed by atoms with Gasteiger partial charge in [-0.3, -0.25) is 14.8 Å². The summed E-state index contributed by atoms with van der Waals surface area (Å²) in [5.41, 5.74) is 2.07. The van der Waals surface area contributed by atoms with Gasteiger partial charge >= 0.3 is 0 Å². The number of benzene rings is 1. The van der Waals surface area contributed by atoms with Gasteiger partial charge in [0.05, 0.1) is 5.75 Å². The smallest absolute Gasteiger partial charge is 0.255 e. The van der Waals surface area contributed by atoms with Crippen molar-refractivity contribution in [2.75, 3.05) is 29.5 Å². The minimum Gasteiger partial charge on any atom is -0.382 e. The molecule has 1 amide bonds. The van der Waals surface area contributed by atoms with Crippen LogP contribution in [0.2, 0.25) is 0 Å². The molecule has 4 rings (SSSR count). The molecule has 31 heavy (non-hydrogen) atoms. The summed E-state index contributed by atoms with van der Waals surface area (Å²) in [6, 6.07) is 9.18. The Morgan fingerprint density at radius 3 is 2.52 bits per heavy atom. The van der Waals surface area contributed by atoms with E-state index in [0.29, 0.717) is 37.2 Å². The zero-order valence-corrected chi connectivity index (χ0v) is 18.1. The van der Waals surface area contributed by atoms with E-state index in [9.17, 15) is 13.2 Å². The third-order valence-corrected chi connectivity index (χ3v) is 7.41. The van der Waals surface area contributed by atoms with Gasteiger partial charge in [-0.2, -0.15) is 0 Å². The summed E-state index contributed by atoms with van der Waals surface area (Å²) < 4.78 is 25.8. The largest absolute Gasteiger partial charge is 0.382 e. The Balaban J connectivity index is 1.54. The number of fused-ring (bicyclic) bond motifs is 1. The summed E-state index contributed by atoms with van der Waals surface area (Å²) in [7, 11) is -3.16. The number of pyridine rings is 2. The van der Waals surface area contributed by atoms with Crippen molar-refractivity contribution in [3.05, 3.63) is 60.7 Å². The van der Waals surface area contributed by atoms with Gasteiger partial charge in [-0.1, -0.05) is 0 Å². The Labute approximate surface area is 181 Å². The van der Waals surface area contributed by atoms with E-state index < -0.39 is 10.0 Å². The van der Waals surface area contributed by atoms with E-state index in [0.717, 1.165) is 16.5 Å². The van der Waals surface area contributed by atoms with E-state index in [1.807, 2.05) is 18.2 Å². The number of rotatable bonds is 6. The van der Waals surface area contributed by atoms with Crippen LogP contribution in [-0.4, -0.2) is 53.5 Å². The number of nitrogens with one attached hydrogen (secondary N) is 2. The van der Waals surface area contributed by atoms with E-state index in [2.05, 4.69) is 20.6 Å². The highest BCUT2D eigenvalue weighted by Gasteiger charge is 2.27. The van der Waals surface area contributed by atoms with E-state index in [1.165, 1.54) is 0 Å². The number of piperidine rings is 1. The molecule has 0 unspecified atom stereocenters. The number of sulfonamides is 1. The normalized spacial score (nSPS) is 15.6. The Morgan fingerprint density at radius 1 is 1.10 bits per heavy atom. The first-order valence-corrected chi connectivity index (χ1v) is 11.9. The number of anilines is 2. The molecule has 0 bridgehead atoms. The number of hydrogen-bond donors (Lipinski definition) is 2. The van der Waals surface area contributed by atoms with Crippen molar-refractivity contribution in [3.63, 3.8) is 0 Å². The summed E-state index contributed by atoms with van der Waals surface area (Å²) in [5, 5.41) is 8.40. The first-order chi connectivity index (χ1) is 15.0. The van der Waals surface area contributed by atoms with Crippen molar-refractivity contribution in [2.24, 2.45) is 0 Å². The minimum absolute atomic E-state index is 0.126. The topological polar surface area (TPSA) is 104 Å². The van der Waals surface area contributed by atoms with Gasteiger partial charge in [0.25, 0.3) is 5.91 Å². The molecule has 2 N–H and O–H groups in total. The van der Waals surface area contributed by atoms with Crippen LogP contribution in [0.5, 0.6) is 0 Å². The average Bonchev–Trinajstić information content (AvgIpc) is 2.80. The van der Waals surface area contributed by atoms with Crippen LogP contribution >= 0.6 is 0 Å². The molecule has 162 valence electrons. The number of carbonyl (C=O) groups excluding carboxylic acids is 1. The lowest BCUT2D eigenvalue weighted by Gasteiger charge is -2.32. The van der Waals surface area contributed by atoms with Crippen molar-refractivity contribution in [1.29, 1.82) is 0 Å². The zero-order chi connectivity index (χ0) is 21.8. The molecule has 3 heterocycles. The molecule has 0 saturated carbocycles. The van der Waals surface area contributed by atoms with E-state index in [-0.39, 0.29) is 17.7 Å². The second-order valence-corrected chi connectivity index (χ2v) is 9.79. The molecule has 8 nitrogen and oxygen atoms in total. The summed E-state index contributed by atoms with van der Waals surface area (Å²) in [5.74, 6) is -0.0829. The van der Waals surface area contributed by atoms with E-state index in [1.54, 1.807) is 48.1 Å². The lowest BCUT2D eigenvalue weighted by atomic mass is 10.0. The molecular weight excluding hydrogens is 414 g/mol. The van der Waals surface area contributed by atoms with Gasteiger partial charge in [-0.05, 0) is 55.5 Å². The molecule has 1 aromatic carbocycles. The fourth-order valence-corrected chi connectivity index (χ4v) is 4.91. The lowest BCUT2D eigenvalue weighted by Crippen LogP contribution is -2.42. The Kier molecular flexibility index (Phi) is 6.15. The molecule has 1 aliphatic rings. The fraction of sp³-hybridized carbons (Fsp3) is 0.318. The fourth-order valence-electron chi connectivity index (χ4n) is 3.78. The van der Waals surface area contributed by atoms with Crippen LogP contribution in [0, 0.1) is 0 Å². The second-order valence-electron chi connectivity index (χ2n) is 7.53. The van der Waals surface area contributed by atoms with Crippen LogP contribution in [0.4, 0.5) is 11.4 Å². The highest BCUT2D eigenvalue weighted by molar-refractivity contribution is 7.89. The van der Waals surface area contributed by atoms with Gasteiger partial charge in [-0.15, -0.1) is 0 Å². The van der Waals surface area contributed by atoms with E-state index >= 15 is 0 Å². The molecule has 0 aliphatic carbocycles. The first kappa shape index (κ1) is 21.2. The van der Waals surface area contributed by atoms with Gasteiger partial charge < -0.3 is 10.6 Å². The predicted molar refractivity (Wildman–Crippen MR) is 122 cm³/mol. The Bertz CT molecular complexity index is 1180. The van der Waals surface area contributed by atoms with Gasteiger partial charge in [0.1, 0.15) is 0 Å². The van der Waals surface area contributed by atoms with Crippen LogP contribution in [0.1, 0.15) is 30.1 Å². The third-order valence-electron chi connectivity index (χ3n) is 5.53. The molecule has 0 radical (unpaired) electrons. The molecule has 3 aromatic rings. The molecule has 0 spiro atoms. The number of hydrogen-bond acceptors (Lipinski definition) is 6. The summed E-state index contributed by atoms with van der Waals surface area (Å²) in [6.45, 7) is 2.68. The summed E-state index contributed by atoms with van der Waals surface area (Å²) in [6.07, 6.45) is 8.11. The maximum atomic E-state index is 12.6. The lowest BCUT2D eigenvalue weighted by molar-refractivity contribution is 0.102. The Morgan fingerprint density at radius 2 is 1.81 bits per heavy atom. The molecule has 1 aliphatic heterocycles. The second kappa shape index (κ2) is 8.99. The van der Waals surface area contributed by atoms with Crippen LogP contribution < -0.4 is 10.6 Å².